The van der Waals surface area contributed by atoms with Gasteiger partial charge in [-0.1, -0.05) is 35.9 Å². The van der Waals surface area contributed by atoms with Crippen LogP contribution in [0, 0.1) is 11.7 Å². The molecule has 0 unspecified atom stereocenters. The molecule has 8 nitrogen and oxygen atoms in total. The maximum atomic E-state index is 13.0. The quantitative estimate of drug-likeness (QED) is 0.499. The van der Waals surface area contributed by atoms with Crippen molar-refractivity contribution in [3.8, 4) is 11.4 Å². The number of pyridine rings is 1. The molecule has 1 aromatic carbocycles. The number of carbonyl (C=O) groups excluding carboxylic acids is 1. The van der Waals surface area contributed by atoms with Crippen LogP contribution in [0.1, 0.15) is 30.1 Å². The lowest BCUT2D eigenvalue weighted by atomic mass is 9.96. The van der Waals surface area contributed by atoms with Gasteiger partial charge in [0.15, 0.2) is 16.2 Å². The number of carbonyl (C=O) groups is 1. The summed E-state index contributed by atoms with van der Waals surface area (Å²) in [5, 5.41) is 15.8. The smallest absolute Gasteiger partial charge is 0.242 e. The summed E-state index contributed by atoms with van der Waals surface area (Å²) in [5.74, 6) is 2.00. The molecule has 3 aromatic heterocycles. The number of hydrogen-bond donors (Lipinski definition) is 1. The molecule has 1 fully saturated rings. The third-order valence-electron chi connectivity index (χ3n) is 5.91. The number of fused-ring (bicyclic) bond motifs is 1. The lowest BCUT2D eigenvalue weighted by Gasteiger charge is -2.31. The Labute approximate surface area is 184 Å². The second kappa shape index (κ2) is 8.07. The highest BCUT2D eigenvalue weighted by molar-refractivity contribution is 7.71. The Morgan fingerprint density at radius 3 is 2.68 bits per heavy atom. The van der Waals surface area contributed by atoms with Crippen molar-refractivity contribution in [2.45, 2.75) is 32.2 Å². The van der Waals surface area contributed by atoms with Crippen LogP contribution in [0.15, 0.2) is 48.7 Å². The van der Waals surface area contributed by atoms with E-state index >= 15 is 0 Å². The number of H-pyrrole nitrogens is 1. The molecule has 4 aromatic rings. The van der Waals surface area contributed by atoms with Gasteiger partial charge in [0.1, 0.15) is 12.4 Å². The van der Waals surface area contributed by atoms with Crippen LogP contribution in [0.2, 0.25) is 0 Å². The second-order valence-electron chi connectivity index (χ2n) is 7.95. The molecule has 4 heterocycles. The van der Waals surface area contributed by atoms with Gasteiger partial charge in [0.25, 0.3) is 0 Å². The molecule has 1 N–H and O–H groups in total. The monoisotopic (exact) mass is 433 g/mol. The number of aromatic amines is 1. The largest absolute Gasteiger partial charge is 0.341 e. The first-order valence-corrected chi connectivity index (χ1v) is 10.8. The Morgan fingerprint density at radius 1 is 1.13 bits per heavy atom. The molecule has 158 valence electrons. The minimum absolute atomic E-state index is 0.0513. The summed E-state index contributed by atoms with van der Waals surface area (Å²) < 4.78 is 4.27. The highest BCUT2D eigenvalue weighted by atomic mass is 32.1. The molecule has 1 aliphatic heterocycles. The van der Waals surface area contributed by atoms with E-state index in [9.17, 15) is 4.79 Å². The Balaban J connectivity index is 1.28. The van der Waals surface area contributed by atoms with E-state index in [-0.39, 0.29) is 12.5 Å². The standard InChI is InChI=1S/C22H23N7OS/c1-15-5-7-16(8-6-15)21-25-26-22(31)29(21)14-19(30)27-12-9-17(10-13-27)20-24-23-18-4-2-3-11-28(18)20/h2-8,11,17H,9-10,12-14H2,1H3,(H,26,31). The Bertz CT molecular complexity index is 1280. The van der Waals surface area contributed by atoms with Gasteiger partial charge >= 0.3 is 0 Å². The molecular weight excluding hydrogens is 410 g/mol. The van der Waals surface area contributed by atoms with E-state index in [4.69, 9.17) is 12.2 Å². The first-order valence-electron chi connectivity index (χ1n) is 10.4. The van der Waals surface area contributed by atoms with Gasteiger partial charge in [-0.15, -0.1) is 10.2 Å². The van der Waals surface area contributed by atoms with Gasteiger partial charge in [-0.25, -0.2) is 0 Å². The summed E-state index contributed by atoms with van der Waals surface area (Å²) in [6.07, 6.45) is 3.72. The number of rotatable bonds is 4. The van der Waals surface area contributed by atoms with Gasteiger partial charge in [0.2, 0.25) is 5.91 Å². The van der Waals surface area contributed by atoms with Gasteiger partial charge in [0.05, 0.1) is 0 Å². The highest BCUT2D eigenvalue weighted by Crippen LogP contribution is 2.27. The summed E-state index contributed by atoms with van der Waals surface area (Å²) in [5.41, 5.74) is 2.96. The number of benzene rings is 1. The van der Waals surface area contributed by atoms with Crippen molar-refractivity contribution in [2.24, 2.45) is 0 Å². The third kappa shape index (κ3) is 3.76. The van der Waals surface area contributed by atoms with E-state index in [0.29, 0.717) is 29.6 Å². The highest BCUT2D eigenvalue weighted by Gasteiger charge is 2.27. The molecular formula is C22H23N7OS. The van der Waals surface area contributed by atoms with Crippen molar-refractivity contribution in [1.82, 2.24) is 34.3 Å². The number of piperidine rings is 1. The van der Waals surface area contributed by atoms with Gasteiger partial charge in [-0.2, -0.15) is 5.10 Å². The van der Waals surface area contributed by atoms with Crippen LogP contribution in [0.3, 0.4) is 0 Å². The summed E-state index contributed by atoms with van der Waals surface area (Å²) in [7, 11) is 0. The van der Waals surface area contributed by atoms with E-state index < -0.39 is 0 Å². The topological polar surface area (TPSA) is 84.1 Å². The molecule has 5 rings (SSSR count). The van der Waals surface area contributed by atoms with E-state index in [1.165, 1.54) is 5.56 Å². The number of likely N-dealkylation sites (tertiary alicyclic amines) is 1. The summed E-state index contributed by atoms with van der Waals surface area (Å²) in [4.78, 5) is 15.0. The van der Waals surface area contributed by atoms with Crippen molar-refractivity contribution in [2.75, 3.05) is 13.1 Å². The van der Waals surface area contributed by atoms with E-state index in [1.54, 1.807) is 4.57 Å². The number of aromatic nitrogens is 6. The first-order chi connectivity index (χ1) is 15.1. The fraction of sp³-hybridized carbons (Fsp3) is 0.318. The normalized spacial score (nSPS) is 14.9. The molecule has 0 radical (unpaired) electrons. The Kier molecular flexibility index (Phi) is 5.11. The van der Waals surface area contributed by atoms with Crippen molar-refractivity contribution < 1.29 is 4.79 Å². The predicted molar refractivity (Wildman–Crippen MR) is 119 cm³/mol. The number of nitrogens with zero attached hydrogens (tertiary/aromatic N) is 6. The Morgan fingerprint density at radius 2 is 1.90 bits per heavy atom. The first kappa shape index (κ1) is 19.6. The second-order valence-corrected chi connectivity index (χ2v) is 8.33. The zero-order chi connectivity index (χ0) is 21.4. The maximum Gasteiger partial charge on any atom is 0.242 e. The van der Waals surface area contributed by atoms with Crippen LogP contribution >= 0.6 is 12.2 Å². The molecule has 0 aliphatic carbocycles. The van der Waals surface area contributed by atoms with E-state index in [2.05, 4.69) is 20.4 Å². The average Bonchev–Trinajstić information content (AvgIpc) is 3.38. The van der Waals surface area contributed by atoms with Crippen LogP contribution < -0.4 is 0 Å². The SMILES string of the molecule is Cc1ccc(-c2n[nH]c(=S)n2CC(=O)N2CCC(c3nnc4ccccn34)CC2)cc1. The predicted octanol–water partition coefficient (Wildman–Crippen LogP) is 3.37. The number of hydrogen-bond acceptors (Lipinski definition) is 5. The molecule has 0 atom stereocenters. The lowest BCUT2D eigenvalue weighted by molar-refractivity contribution is -0.132. The molecule has 0 bridgehead atoms. The molecule has 0 saturated carbocycles. The molecule has 31 heavy (non-hydrogen) atoms. The van der Waals surface area contributed by atoms with Crippen LogP contribution in [-0.2, 0) is 11.3 Å². The zero-order valence-corrected chi connectivity index (χ0v) is 18.0. The third-order valence-corrected chi connectivity index (χ3v) is 6.23. The molecule has 0 spiro atoms. The van der Waals surface area contributed by atoms with Crippen LogP contribution in [0.5, 0.6) is 0 Å². The lowest BCUT2D eigenvalue weighted by Crippen LogP contribution is -2.40. The minimum atomic E-state index is 0.0513. The summed E-state index contributed by atoms with van der Waals surface area (Å²) in [6, 6.07) is 13.9. The van der Waals surface area contributed by atoms with Crippen molar-refractivity contribution in [3.05, 3.63) is 64.8 Å². The van der Waals surface area contributed by atoms with Crippen molar-refractivity contribution >= 4 is 23.8 Å². The molecule has 1 saturated heterocycles. The fourth-order valence-electron chi connectivity index (χ4n) is 4.15. The van der Waals surface area contributed by atoms with Gasteiger partial charge in [0, 0.05) is 30.8 Å². The molecule has 9 heteroatoms. The molecule has 1 amide bonds. The van der Waals surface area contributed by atoms with Crippen LogP contribution in [-0.4, -0.2) is 53.3 Å². The molecule has 1 aliphatic rings. The number of amides is 1. The average molecular weight is 434 g/mol. The zero-order valence-electron chi connectivity index (χ0n) is 17.2. The minimum Gasteiger partial charge on any atom is -0.341 e. The fourth-order valence-corrected chi connectivity index (χ4v) is 4.34. The number of nitrogens with one attached hydrogen (secondary N) is 1. The van der Waals surface area contributed by atoms with Gasteiger partial charge in [-0.3, -0.25) is 18.9 Å². The van der Waals surface area contributed by atoms with E-state index in [1.807, 2.05) is 64.9 Å². The summed E-state index contributed by atoms with van der Waals surface area (Å²) in [6.45, 7) is 3.60. The summed E-state index contributed by atoms with van der Waals surface area (Å²) >= 11 is 5.39. The van der Waals surface area contributed by atoms with Crippen LogP contribution in [0.4, 0.5) is 0 Å². The Hall–Kier alpha value is -3.33. The van der Waals surface area contributed by atoms with E-state index in [0.717, 1.165) is 29.9 Å². The van der Waals surface area contributed by atoms with Crippen molar-refractivity contribution in [1.29, 1.82) is 0 Å². The number of aryl methyl sites for hydroxylation is 1. The van der Waals surface area contributed by atoms with Gasteiger partial charge in [-0.05, 0) is 44.1 Å². The van der Waals surface area contributed by atoms with Gasteiger partial charge < -0.3 is 4.90 Å². The van der Waals surface area contributed by atoms with Crippen LogP contribution in [0.25, 0.3) is 17.0 Å². The maximum absolute atomic E-state index is 13.0. The van der Waals surface area contributed by atoms with Crippen molar-refractivity contribution in [3.63, 3.8) is 0 Å².